The quantitative estimate of drug-likeness (QED) is 0.703. The molecule has 1 unspecified atom stereocenters. The maximum absolute atomic E-state index is 12.3. The molecule has 0 saturated carbocycles. The van der Waals surface area contributed by atoms with Crippen molar-refractivity contribution >= 4 is 34.7 Å². The summed E-state index contributed by atoms with van der Waals surface area (Å²) < 4.78 is 5.39. The molecule has 152 valence electrons. The third-order valence-corrected chi connectivity index (χ3v) is 5.08. The lowest BCUT2D eigenvalue weighted by Gasteiger charge is -2.28. The van der Waals surface area contributed by atoms with Crippen LogP contribution in [0.4, 0.5) is 22.9 Å². The summed E-state index contributed by atoms with van der Waals surface area (Å²) in [5, 5.41) is 17.1. The summed E-state index contributed by atoms with van der Waals surface area (Å²) in [6, 6.07) is 9.38. The van der Waals surface area contributed by atoms with Crippen LogP contribution in [-0.2, 0) is 14.3 Å². The van der Waals surface area contributed by atoms with Crippen molar-refractivity contribution in [1.29, 1.82) is 0 Å². The Morgan fingerprint density at radius 3 is 2.66 bits per heavy atom. The fourth-order valence-corrected chi connectivity index (χ4v) is 3.40. The summed E-state index contributed by atoms with van der Waals surface area (Å²) >= 11 is 0. The molecule has 2 amide bonds. The number of morpholine rings is 1. The van der Waals surface area contributed by atoms with Crippen molar-refractivity contribution in [3.63, 3.8) is 0 Å². The van der Waals surface area contributed by atoms with Gasteiger partial charge in [0.25, 0.3) is 0 Å². The number of hydrogen-bond donors (Lipinski definition) is 3. The van der Waals surface area contributed by atoms with Gasteiger partial charge in [-0.25, -0.2) is 0 Å². The van der Waals surface area contributed by atoms with Gasteiger partial charge in [0, 0.05) is 43.5 Å². The van der Waals surface area contributed by atoms with E-state index in [1.807, 2.05) is 30.3 Å². The molecule has 2 aromatic rings. The largest absolute Gasteiger partial charge is 0.378 e. The molecule has 3 N–H and O–H groups in total. The van der Waals surface area contributed by atoms with Crippen LogP contribution in [0.25, 0.3) is 0 Å². The summed E-state index contributed by atoms with van der Waals surface area (Å²) in [6.45, 7) is 3.49. The second-order valence-corrected chi connectivity index (χ2v) is 7.13. The normalized spacial score (nSPS) is 19.4. The first kappa shape index (κ1) is 19.1. The van der Waals surface area contributed by atoms with E-state index in [0.717, 1.165) is 24.5 Å². The third-order valence-electron chi connectivity index (χ3n) is 5.08. The number of hydrogen-bond acceptors (Lipinski definition) is 7. The molecule has 9 nitrogen and oxygen atoms in total. The Morgan fingerprint density at radius 2 is 1.93 bits per heavy atom. The Labute approximate surface area is 168 Å². The van der Waals surface area contributed by atoms with Crippen LogP contribution in [0.1, 0.15) is 12.8 Å². The van der Waals surface area contributed by atoms with Crippen molar-refractivity contribution in [3.05, 3.63) is 36.5 Å². The Morgan fingerprint density at radius 1 is 1.17 bits per heavy atom. The van der Waals surface area contributed by atoms with Crippen LogP contribution in [0.15, 0.2) is 36.5 Å². The highest BCUT2D eigenvalue weighted by molar-refractivity contribution is 5.94. The molecule has 0 bridgehead atoms. The number of carbonyl (C=O) groups excluding carboxylic acids is 2. The zero-order chi connectivity index (χ0) is 20.1. The first-order chi connectivity index (χ1) is 14.2. The van der Waals surface area contributed by atoms with Crippen LogP contribution in [-0.4, -0.2) is 54.9 Å². The molecule has 0 radical (unpaired) electrons. The van der Waals surface area contributed by atoms with E-state index in [9.17, 15) is 9.59 Å². The van der Waals surface area contributed by atoms with Crippen molar-refractivity contribution in [1.82, 2.24) is 15.5 Å². The number of ether oxygens (including phenoxy) is 1. The predicted molar refractivity (Wildman–Crippen MR) is 109 cm³/mol. The molecule has 3 heterocycles. The lowest BCUT2D eigenvalue weighted by Crippen LogP contribution is -2.40. The number of nitrogens with zero attached hydrogens (tertiary/aromatic N) is 3. The minimum Gasteiger partial charge on any atom is -0.378 e. The molecule has 0 spiro atoms. The second-order valence-electron chi connectivity index (χ2n) is 7.13. The van der Waals surface area contributed by atoms with Gasteiger partial charge in [-0.05, 0) is 30.7 Å². The number of aromatic nitrogens is 2. The molecule has 9 heteroatoms. The van der Waals surface area contributed by atoms with Crippen molar-refractivity contribution < 1.29 is 14.3 Å². The first-order valence-electron chi connectivity index (χ1n) is 9.77. The molecule has 29 heavy (non-hydrogen) atoms. The van der Waals surface area contributed by atoms with Gasteiger partial charge in [-0.1, -0.05) is 0 Å². The van der Waals surface area contributed by atoms with Crippen molar-refractivity contribution in [2.24, 2.45) is 5.92 Å². The molecule has 2 fully saturated rings. The zero-order valence-electron chi connectivity index (χ0n) is 16.1. The number of benzene rings is 1. The number of piperidine rings is 1. The van der Waals surface area contributed by atoms with Gasteiger partial charge in [0.1, 0.15) is 0 Å². The lowest BCUT2D eigenvalue weighted by molar-refractivity contribution is -0.126. The monoisotopic (exact) mass is 396 g/mol. The van der Waals surface area contributed by atoms with Gasteiger partial charge in [-0.3, -0.25) is 9.59 Å². The van der Waals surface area contributed by atoms with E-state index >= 15 is 0 Å². The van der Waals surface area contributed by atoms with Gasteiger partial charge in [0.2, 0.25) is 11.8 Å². The Bertz CT molecular complexity index is 857. The van der Waals surface area contributed by atoms with E-state index in [-0.39, 0.29) is 17.7 Å². The Kier molecular flexibility index (Phi) is 5.85. The van der Waals surface area contributed by atoms with E-state index in [0.29, 0.717) is 44.1 Å². The van der Waals surface area contributed by atoms with E-state index in [2.05, 4.69) is 31.0 Å². The fraction of sp³-hybridized carbons (Fsp3) is 0.400. The van der Waals surface area contributed by atoms with Crippen molar-refractivity contribution in [3.8, 4) is 0 Å². The van der Waals surface area contributed by atoms with Crippen LogP contribution < -0.4 is 20.9 Å². The molecule has 2 aliphatic heterocycles. The van der Waals surface area contributed by atoms with Crippen LogP contribution in [0.2, 0.25) is 0 Å². The molecular formula is C20H24N6O3. The molecule has 1 aromatic carbocycles. The summed E-state index contributed by atoms with van der Waals surface area (Å²) in [7, 11) is 0. The van der Waals surface area contributed by atoms with E-state index in [1.165, 1.54) is 0 Å². The Hall–Kier alpha value is -3.20. The number of anilines is 4. The molecular weight excluding hydrogens is 372 g/mol. The highest BCUT2D eigenvalue weighted by Crippen LogP contribution is 2.22. The van der Waals surface area contributed by atoms with Crippen LogP contribution in [0.5, 0.6) is 0 Å². The minimum atomic E-state index is -0.191. The van der Waals surface area contributed by atoms with Gasteiger partial charge in [-0.15, -0.1) is 5.10 Å². The van der Waals surface area contributed by atoms with Gasteiger partial charge < -0.3 is 25.6 Å². The summed E-state index contributed by atoms with van der Waals surface area (Å²) in [4.78, 5) is 25.8. The number of amides is 2. The average molecular weight is 396 g/mol. The Balaban J connectivity index is 1.34. The SMILES string of the molecule is O=C1CCC(C(=O)Nc2ccc(Nc3cc(N4CCOCC4)cnn3)cc2)CN1. The van der Waals surface area contributed by atoms with Crippen LogP contribution in [0.3, 0.4) is 0 Å². The first-order valence-corrected chi connectivity index (χ1v) is 9.77. The maximum atomic E-state index is 12.3. The molecule has 2 aliphatic rings. The zero-order valence-corrected chi connectivity index (χ0v) is 16.1. The van der Waals surface area contributed by atoms with Crippen LogP contribution >= 0.6 is 0 Å². The second kappa shape index (κ2) is 8.87. The average Bonchev–Trinajstić information content (AvgIpc) is 2.76. The smallest absolute Gasteiger partial charge is 0.229 e. The molecule has 2 saturated heterocycles. The third kappa shape index (κ3) is 5.00. The number of carbonyl (C=O) groups is 2. The van der Waals surface area contributed by atoms with Crippen LogP contribution in [0, 0.1) is 5.92 Å². The predicted octanol–water partition coefficient (Wildman–Crippen LogP) is 1.52. The van der Waals surface area contributed by atoms with Gasteiger partial charge >= 0.3 is 0 Å². The highest BCUT2D eigenvalue weighted by Gasteiger charge is 2.24. The lowest BCUT2D eigenvalue weighted by atomic mass is 9.98. The maximum Gasteiger partial charge on any atom is 0.229 e. The molecule has 4 rings (SSSR count). The summed E-state index contributed by atoms with van der Waals surface area (Å²) in [6.07, 6.45) is 2.73. The van der Waals surface area contributed by atoms with Crippen molar-refractivity contribution in [2.75, 3.05) is 48.4 Å². The van der Waals surface area contributed by atoms with E-state index in [4.69, 9.17) is 4.74 Å². The molecule has 1 atom stereocenters. The van der Waals surface area contributed by atoms with Gasteiger partial charge in [-0.2, -0.15) is 5.10 Å². The summed E-state index contributed by atoms with van der Waals surface area (Å²) in [5.41, 5.74) is 2.57. The topological polar surface area (TPSA) is 108 Å². The van der Waals surface area contributed by atoms with Crippen molar-refractivity contribution in [2.45, 2.75) is 12.8 Å². The molecule has 0 aliphatic carbocycles. The van der Waals surface area contributed by atoms with Gasteiger partial charge in [0.15, 0.2) is 5.82 Å². The van der Waals surface area contributed by atoms with E-state index < -0.39 is 0 Å². The minimum absolute atomic E-state index is 0.00488. The van der Waals surface area contributed by atoms with E-state index in [1.54, 1.807) is 6.20 Å². The highest BCUT2D eigenvalue weighted by atomic mass is 16.5. The fourth-order valence-electron chi connectivity index (χ4n) is 3.40. The number of nitrogens with one attached hydrogen (secondary N) is 3. The standard InChI is InChI=1S/C20H24N6O3/c27-19-6-1-14(12-21-19)20(28)24-16-4-2-15(3-5-16)23-18-11-17(13-22-25-18)26-7-9-29-10-8-26/h2-5,11,13-14H,1,6-10,12H2,(H,21,27)(H,23,25)(H,24,28). The van der Waals surface area contributed by atoms with Gasteiger partial charge in [0.05, 0.1) is 31.0 Å². The molecule has 1 aromatic heterocycles. The number of rotatable bonds is 5. The summed E-state index contributed by atoms with van der Waals surface area (Å²) in [5.74, 6) is 0.396.